The van der Waals surface area contributed by atoms with Gasteiger partial charge in [-0.1, -0.05) is 49.2 Å². The molecule has 19 heavy (non-hydrogen) atoms. The summed E-state index contributed by atoms with van der Waals surface area (Å²) in [5.74, 6) is -0.0882. The molecule has 0 aliphatic heterocycles. The minimum atomic E-state index is -0.441. The molecule has 0 bridgehead atoms. The molecule has 0 aromatic heterocycles. The van der Waals surface area contributed by atoms with Gasteiger partial charge in [-0.05, 0) is 29.7 Å². The third kappa shape index (κ3) is 2.90. The molecule has 0 saturated carbocycles. The molecule has 0 amide bonds. The fourth-order valence-corrected chi connectivity index (χ4v) is 2.29. The lowest BCUT2D eigenvalue weighted by Gasteiger charge is -2.09. The average molecular weight is 279 g/mol. The van der Waals surface area contributed by atoms with Gasteiger partial charge in [-0.2, -0.15) is 0 Å². The Hall–Kier alpha value is -1.54. The van der Waals surface area contributed by atoms with Crippen LogP contribution in [-0.2, 0) is 6.42 Å². The molecule has 0 fully saturated rings. The Morgan fingerprint density at radius 2 is 1.79 bits per heavy atom. The molecule has 0 aliphatic carbocycles. The summed E-state index contributed by atoms with van der Waals surface area (Å²) in [6, 6.07) is 11.3. The zero-order chi connectivity index (χ0) is 13.8. The van der Waals surface area contributed by atoms with E-state index in [0.29, 0.717) is 11.3 Å². The summed E-state index contributed by atoms with van der Waals surface area (Å²) in [6.45, 7) is 2.14. The van der Waals surface area contributed by atoms with Crippen LogP contribution in [0.5, 0.6) is 5.75 Å². The van der Waals surface area contributed by atoms with Crippen LogP contribution >= 0.6 is 11.6 Å². The van der Waals surface area contributed by atoms with E-state index in [1.165, 1.54) is 12.7 Å². The lowest BCUT2D eigenvalue weighted by molar-refractivity contribution is 0.412. The average Bonchev–Trinajstić information content (AvgIpc) is 2.43. The van der Waals surface area contributed by atoms with Crippen LogP contribution in [0.1, 0.15) is 18.9 Å². The van der Waals surface area contributed by atoms with E-state index in [4.69, 9.17) is 16.3 Å². The largest absolute Gasteiger partial charge is 0.495 e. The predicted molar refractivity (Wildman–Crippen MR) is 77.4 cm³/mol. The molecule has 3 heteroatoms. The SMILES string of the molecule is CCCc1ccc(-c2ccc(OC)c(Cl)c2F)cc1. The Morgan fingerprint density at radius 1 is 1.11 bits per heavy atom. The van der Waals surface area contributed by atoms with Crippen molar-refractivity contribution in [3.63, 3.8) is 0 Å². The molecule has 0 atom stereocenters. The maximum atomic E-state index is 14.2. The Balaban J connectivity index is 2.39. The van der Waals surface area contributed by atoms with Gasteiger partial charge in [0.15, 0.2) is 5.82 Å². The first-order valence-corrected chi connectivity index (χ1v) is 6.66. The fourth-order valence-electron chi connectivity index (χ4n) is 2.05. The van der Waals surface area contributed by atoms with E-state index in [-0.39, 0.29) is 5.02 Å². The van der Waals surface area contributed by atoms with Crippen molar-refractivity contribution in [3.8, 4) is 16.9 Å². The molecule has 0 saturated heterocycles. The smallest absolute Gasteiger partial charge is 0.153 e. The summed E-state index contributed by atoms with van der Waals surface area (Å²) in [7, 11) is 1.47. The standard InChI is InChI=1S/C16H16ClFO/c1-3-4-11-5-7-12(8-6-11)13-9-10-14(19-2)15(17)16(13)18/h5-10H,3-4H2,1-2H3. The third-order valence-corrected chi connectivity index (χ3v) is 3.42. The van der Waals surface area contributed by atoms with Crippen LogP contribution in [0.3, 0.4) is 0 Å². The second kappa shape index (κ2) is 6.07. The Morgan fingerprint density at radius 3 is 2.37 bits per heavy atom. The maximum Gasteiger partial charge on any atom is 0.153 e. The molecule has 2 rings (SSSR count). The zero-order valence-corrected chi connectivity index (χ0v) is 11.8. The van der Waals surface area contributed by atoms with Crippen molar-refractivity contribution in [3.05, 3.63) is 52.8 Å². The highest BCUT2D eigenvalue weighted by Crippen LogP contribution is 2.34. The first kappa shape index (κ1) is 13.9. The van der Waals surface area contributed by atoms with E-state index >= 15 is 0 Å². The number of methoxy groups -OCH3 is 1. The molecule has 2 aromatic carbocycles. The van der Waals surface area contributed by atoms with Gasteiger partial charge >= 0.3 is 0 Å². The van der Waals surface area contributed by atoms with Gasteiger partial charge < -0.3 is 4.74 Å². The van der Waals surface area contributed by atoms with Gasteiger partial charge in [-0.25, -0.2) is 4.39 Å². The first-order valence-electron chi connectivity index (χ1n) is 6.28. The Labute approximate surface area is 118 Å². The van der Waals surface area contributed by atoms with Crippen molar-refractivity contribution in [2.75, 3.05) is 7.11 Å². The molecule has 2 aromatic rings. The van der Waals surface area contributed by atoms with Gasteiger partial charge in [0.05, 0.1) is 7.11 Å². The molecule has 0 N–H and O–H groups in total. The van der Waals surface area contributed by atoms with Crippen LogP contribution in [0.2, 0.25) is 5.02 Å². The number of rotatable bonds is 4. The number of halogens is 2. The van der Waals surface area contributed by atoms with Gasteiger partial charge in [-0.15, -0.1) is 0 Å². The van der Waals surface area contributed by atoms with E-state index in [2.05, 4.69) is 6.92 Å². The second-order valence-electron chi connectivity index (χ2n) is 4.39. The van der Waals surface area contributed by atoms with Crippen molar-refractivity contribution in [1.29, 1.82) is 0 Å². The van der Waals surface area contributed by atoms with Gasteiger partial charge in [0, 0.05) is 5.56 Å². The number of hydrogen-bond donors (Lipinski definition) is 0. The predicted octanol–water partition coefficient (Wildman–Crippen LogP) is 5.11. The van der Waals surface area contributed by atoms with Crippen LogP contribution in [0.4, 0.5) is 4.39 Å². The van der Waals surface area contributed by atoms with Crippen LogP contribution in [0, 0.1) is 5.82 Å². The van der Waals surface area contributed by atoms with Crippen molar-refractivity contribution in [2.45, 2.75) is 19.8 Å². The summed E-state index contributed by atoms with van der Waals surface area (Å²) in [5.41, 5.74) is 2.57. The second-order valence-corrected chi connectivity index (χ2v) is 4.77. The molecule has 0 aliphatic rings. The topological polar surface area (TPSA) is 9.23 Å². The lowest BCUT2D eigenvalue weighted by atomic mass is 10.0. The highest BCUT2D eigenvalue weighted by atomic mass is 35.5. The summed E-state index contributed by atoms with van der Waals surface area (Å²) in [4.78, 5) is 0. The molecular formula is C16H16ClFO. The Bertz CT molecular complexity index is 564. The van der Waals surface area contributed by atoms with Crippen molar-refractivity contribution in [1.82, 2.24) is 0 Å². The van der Waals surface area contributed by atoms with Gasteiger partial charge in [-0.3, -0.25) is 0 Å². The molecule has 0 radical (unpaired) electrons. The quantitative estimate of drug-likeness (QED) is 0.755. The minimum absolute atomic E-state index is 0.0256. The fraction of sp³-hybridized carbons (Fsp3) is 0.250. The van der Waals surface area contributed by atoms with E-state index in [1.54, 1.807) is 12.1 Å². The van der Waals surface area contributed by atoms with Crippen LogP contribution in [-0.4, -0.2) is 7.11 Å². The van der Waals surface area contributed by atoms with Gasteiger partial charge in [0.2, 0.25) is 0 Å². The van der Waals surface area contributed by atoms with Gasteiger partial charge in [0.1, 0.15) is 10.8 Å². The highest BCUT2D eigenvalue weighted by molar-refractivity contribution is 6.32. The van der Waals surface area contributed by atoms with Crippen LogP contribution in [0.15, 0.2) is 36.4 Å². The normalized spacial score (nSPS) is 10.5. The minimum Gasteiger partial charge on any atom is -0.495 e. The molecule has 0 unspecified atom stereocenters. The first-order chi connectivity index (χ1) is 9.17. The Kier molecular flexibility index (Phi) is 4.43. The number of ether oxygens (including phenoxy) is 1. The molecule has 100 valence electrons. The van der Waals surface area contributed by atoms with Crippen molar-refractivity contribution < 1.29 is 9.13 Å². The van der Waals surface area contributed by atoms with E-state index in [1.807, 2.05) is 24.3 Å². The monoisotopic (exact) mass is 278 g/mol. The molecule has 0 spiro atoms. The molecule has 1 nitrogen and oxygen atoms in total. The maximum absolute atomic E-state index is 14.2. The summed E-state index contributed by atoms with van der Waals surface area (Å²) >= 11 is 5.93. The summed E-state index contributed by atoms with van der Waals surface area (Å²) in [6.07, 6.45) is 2.13. The summed E-state index contributed by atoms with van der Waals surface area (Å²) in [5, 5.41) is 0.0256. The van der Waals surface area contributed by atoms with Crippen molar-refractivity contribution in [2.24, 2.45) is 0 Å². The van der Waals surface area contributed by atoms with E-state index in [0.717, 1.165) is 18.4 Å². The zero-order valence-electron chi connectivity index (χ0n) is 11.0. The third-order valence-electron chi connectivity index (χ3n) is 3.07. The number of hydrogen-bond acceptors (Lipinski definition) is 1. The lowest BCUT2D eigenvalue weighted by Crippen LogP contribution is -1.91. The highest BCUT2D eigenvalue weighted by Gasteiger charge is 2.13. The van der Waals surface area contributed by atoms with Crippen molar-refractivity contribution >= 4 is 11.6 Å². The van der Waals surface area contributed by atoms with E-state index < -0.39 is 5.82 Å². The number of benzene rings is 2. The summed E-state index contributed by atoms with van der Waals surface area (Å²) < 4.78 is 19.2. The van der Waals surface area contributed by atoms with Crippen LogP contribution in [0.25, 0.3) is 11.1 Å². The van der Waals surface area contributed by atoms with Crippen LogP contribution < -0.4 is 4.74 Å². The van der Waals surface area contributed by atoms with E-state index in [9.17, 15) is 4.39 Å². The van der Waals surface area contributed by atoms with Gasteiger partial charge in [0.25, 0.3) is 0 Å². The number of aryl methyl sites for hydroxylation is 1. The molecule has 0 heterocycles. The molecular weight excluding hydrogens is 263 g/mol.